The third-order valence-electron chi connectivity index (χ3n) is 4.41. The first-order valence-corrected chi connectivity index (χ1v) is 7.75. The lowest BCUT2D eigenvalue weighted by molar-refractivity contribution is 0.0930. The van der Waals surface area contributed by atoms with E-state index in [-0.39, 0.29) is 17.5 Å². The van der Waals surface area contributed by atoms with Crippen molar-refractivity contribution in [1.82, 2.24) is 10.3 Å². The van der Waals surface area contributed by atoms with E-state index in [1.54, 1.807) is 12.1 Å². The molecule has 3 aromatic rings. The number of carbonyl (C=O) groups excluding carboxylic acids is 1. The van der Waals surface area contributed by atoms with Crippen molar-refractivity contribution in [2.45, 2.75) is 18.4 Å². The molecule has 1 aliphatic rings. The molecule has 120 valence electrons. The molecule has 0 radical (unpaired) electrons. The van der Waals surface area contributed by atoms with E-state index in [4.69, 9.17) is 0 Å². The number of nitrogens with zero attached hydrogens (tertiary/aromatic N) is 1. The molecule has 1 aromatic heterocycles. The highest BCUT2D eigenvalue weighted by Crippen LogP contribution is 2.45. The Balaban J connectivity index is 1.63. The van der Waals surface area contributed by atoms with Crippen LogP contribution < -0.4 is 5.32 Å². The van der Waals surface area contributed by atoms with Crippen LogP contribution in [0.3, 0.4) is 0 Å². The quantitative estimate of drug-likeness (QED) is 0.776. The summed E-state index contributed by atoms with van der Waals surface area (Å²) >= 11 is 0. The minimum absolute atomic E-state index is 0.187. The van der Waals surface area contributed by atoms with Gasteiger partial charge in [0.15, 0.2) is 0 Å². The first-order valence-electron chi connectivity index (χ1n) is 7.75. The van der Waals surface area contributed by atoms with Crippen molar-refractivity contribution in [2.75, 3.05) is 0 Å². The highest BCUT2D eigenvalue weighted by atomic mass is 19.1. The molecule has 2 aromatic carbocycles. The van der Waals surface area contributed by atoms with Crippen LogP contribution in [0.25, 0.3) is 10.9 Å². The lowest BCUT2D eigenvalue weighted by Gasteiger charge is -2.18. The SMILES string of the molecule is O=C(NC1(c2ccc3c(O)cccc3n2)CC1)c1ccc(F)cc1. The number of nitrogens with one attached hydrogen (secondary N) is 1. The normalized spacial score (nSPS) is 15.2. The number of aromatic nitrogens is 1. The van der Waals surface area contributed by atoms with E-state index in [0.717, 1.165) is 18.5 Å². The van der Waals surface area contributed by atoms with Gasteiger partial charge in [0.05, 0.1) is 16.7 Å². The molecule has 1 aliphatic carbocycles. The highest BCUT2D eigenvalue weighted by Gasteiger charge is 2.47. The number of carbonyl (C=O) groups is 1. The van der Waals surface area contributed by atoms with Gasteiger partial charge in [0.2, 0.25) is 0 Å². The van der Waals surface area contributed by atoms with Crippen molar-refractivity contribution in [3.05, 3.63) is 71.7 Å². The molecule has 1 saturated carbocycles. The topological polar surface area (TPSA) is 62.2 Å². The maximum Gasteiger partial charge on any atom is 0.252 e. The Bertz CT molecular complexity index is 934. The summed E-state index contributed by atoms with van der Waals surface area (Å²) in [7, 11) is 0. The summed E-state index contributed by atoms with van der Waals surface area (Å²) in [5.74, 6) is -0.430. The lowest BCUT2D eigenvalue weighted by atomic mass is 10.1. The van der Waals surface area contributed by atoms with Gasteiger partial charge in [-0.2, -0.15) is 0 Å². The standard InChI is InChI=1S/C19H15FN2O2/c20-13-6-4-12(5-7-13)18(24)22-19(10-11-19)17-9-8-14-15(21-17)2-1-3-16(14)23/h1-9,23H,10-11H2,(H,22,24). The van der Waals surface area contributed by atoms with Crippen LogP contribution in [0.4, 0.5) is 4.39 Å². The average Bonchev–Trinajstić information content (AvgIpc) is 3.36. The molecular formula is C19H15FN2O2. The molecule has 5 heteroatoms. The number of phenols is 1. The maximum absolute atomic E-state index is 13.0. The zero-order valence-electron chi connectivity index (χ0n) is 12.8. The molecule has 0 spiro atoms. The van der Waals surface area contributed by atoms with Gasteiger partial charge in [-0.15, -0.1) is 0 Å². The lowest BCUT2D eigenvalue weighted by Crippen LogP contribution is -2.35. The van der Waals surface area contributed by atoms with Gasteiger partial charge in [-0.05, 0) is 61.4 Å². The van der Waals surface area contributed by atoms with Crippen LogP contribution in [0, 0.1) is 5.82 Å². The Morgan fingerprint density at radius 3 is 2.54 bits per heavy atom. The third kappa shape index (κ3) is 2.48. The summed E-state index contributed by atoms with van der Waals surface area (Å²) in [6.07, 6.45) is 1.61. The Morgan fingerprint density at radius 1 is 1.08 bits per heavy atom. The van der Waals surface area contributed by atoms with Gasteiger partial charge in [-0.1, -0.05) is 6.07 Å². The third-order valence-corrected chi connectivity index (χ3v) is 4.41. The molecule has 1 amide bonds. The van der Waals surface area contributed by atoms with Crippen molar-refractivity contribution < 1.29 is 14.3 Å². The summed E-state index contributed by atoms with van der Waals surface area (Å²) in [4.78, 5) is 17.0. The number of pyridine rings is 1. The van der Waals surface area contributed by atoms with E-state index in [0.29, 0.717) is 16.5 Å². The summed E-state index contributed by atoms with van der Waals surface area (Å²) in [6, 6.07) is 14.3. The second kappa shape index (κ2) is 5.30. The molecule has 0 saturated heterocycles. The number of hydrogen-bond donors (Lipinski definition) is 2. The van der Waals surface area contributed by atoms with E-state index in [1.165, 1.54) is 24.3 Å². The van der Waals surface area contributed by atoms with Gasteiger partial charge in [0.1, 0.15) is 11.6 Å². The van der Waals surface area contributed by atoms with Crippen LogP contribution in [0.1, 0.15) is 28.9 Å². The number of benzene rings is 2. The summed E-state index contributed by atoms with van der Waals surface area (Å²) in [6.45, 7) is 0. The predicted octanol–water partition coefficient (Wildman–Crippen LogP) is 3.50. The summed E-state index contributed by atoms with van der Waals surface area (Å²) < 4.78 is 13.0. The molecule has 24 heavy (non-hydrogen) atoms. The second-order valence-corrected chi connectivity index (χ2v) is 6.08. The number of phenolic OH excluding ortho intramolecular Hbond substituents is 1. The zero-order chi connectivity index (χ0) is 16.7. The first-order chi connectivity index (χ1) is 11.6. The fraction of sp³-hybridized carbons (Fsp3) is 0.158. The second-order valence-electron chi connectivity index (χ2n) is 6.08. The van der Waals surface area contributed by atoms with Gasteiger partial charge >= 0.3 is 0 Å². The van der Waals surface area contributed by atoms with Gasteiger partial charge in [0.25, 0.3) is 5.91 Å². The number of fused-ring (bicyclic) bond motifs is 1. The molecule has 4 rings (SSSR count). The van der Waals surface area contributed by atoms with Crippen molar-refractivity contribution in [3.8, 4) is 5.75 Å². The van der Waals surface area contributed by atoms with Crippen LogP contribution in [0.5, 0.6) is 5.75 Å². The predicted molar refractivity (Wildman–Crippen MR) is 88.2 cm³/mol. The molecule has 1 fully saturated rings. The average molecular weight is 322 g/mol. The number of amides is 1. The first kappa shape index (κ1) is 14.6. The van der Waals surface area contributed by atoms with E-state index in [1.807, 2.05) is 18.2 Å². The molecule has 1 heterocycles. The molecule has 4 nitrogen and oxygen atoms in total. The van der Waals surface area contributed by atoms with Crippen LogP contribution in [0.2, 0.25) is 0 Å². The van der Waals surface area contributed by atoms with E-state index in [9.17, 15) is 14.3 Å². The molecule has 0 bridgehead atoms. The Kier molecular flexibility index (Phi) is 3.23. The maximum atomic E-state index is 13.0. The molecule has 0 atom stereocenters. The fourth-order valence-corrected chi connectivity index (χ4v) is 2.87. The van der Waals surface area contributed by atoms with Crippen LogP contribution in [-0.4, -0.2) is 16.0 Å². The van der Waals surface area contributed by atoms with Crippen molar-refractivity contribution in [3.63, 3.8) is 0 Å². The minimum atomic E-state index is -0.481. The van der Waals surface area contributed by atoms with Crippen LogP contribution in [-0.2, 0) is 5.54 Å². The monoisotopic (exact) mass is 322 g/mol. The van der Waals surface area contributed by atoms with Crippen molar-refractivity contribution in [2.24, 2.45) is 0 Å². The molecule has 0 aliphatic heterocycles. The number of halogens is 1. The van der Waals surface area contributed by atoms with E-state index < -0.39 is 5.54 Å². The zero-order valence-corrected chi connectivity index (χ0v) is 12.8. The smallest absolute Gasteiger partial charge is 0.252 e. The minimum Gasteiger partial charge on any atom is -0.507 e. The van der Waals surface area contributed by atoms with Gasteiger partial charge in [-0.25, -0.2) is 4.39 Å². The Hall–Kier alpha value is -2.95. The number of hydrogen-bond acceptors (Lipinski definition) is 3. The largest absolute Gasteiger partial charge is 0.507 e. The van der Waals surface area contributed by atoms with Crippen LogP contribution >= 0.6 is 0 Å². The summed E-state index contributed by atoms with van der Waals surface area (Å²) in [5, 5.41) is 13.6. The molecule has 0 unspecified atom stereocenters. The molecular weight excluding hydrogens is 307 g/mol. The van der Waals surface area contributed by atoms with E-state index >= 15 is 0 Å². The van der Waals surface area contributed by atoms with Gasteiger partial charge in [-0.3, -0.25) is 9.78 Å². The fourth-order valence-electron chi connectivity index (χ4n) is 2.87. The Morgan fingerprint density at radius 2 is 1.83 bits per heavy atom. The van der Waals surface area contributed by atoms with Crippen molar-refractivity contribution >= 4 is 16.8 Å². The summed E-state index contributed by atoms with van der Waals surface area (Å²) in [5.41, 5.74) is 1.40. The van der Waals surface area contributed by atoms with Crippen molar-refractivity contribution in [1.29, 1.82) is 0 Å². The van der Waals surface area contributed by atoms with Crippen LogP contribution in [0.15, 0.2) is 54.6 Å². The van der Waals surface area contributed by atoms with Gasteiger partial charge < -0.3 is 10.4 Å². The number of aromatic hydroxyl groups is 1. The Labute approximate surface area is 138 Å². The number of rotatable bonds is 3. The highest BCUT2D eigenvalue weighted by molar-refractivity contribution is 5.95. The molecule has 2 N–H and O–H groups in total. The van der Waals surface area contributed by atoms with Gasteiger partial charge in [0, 0.05) is 10.9 Å². The van der Waals surface area contributed by atoms with E-state index in [2.05, 4.69) is 10.3 Å².